The normalized spacial score (nSPS) is 18.4. The lowest BCUT2D eigenvalue weighted by molar-refractivity contribution is 0.299. The summed E-state index contributed by atoms with van der Waals surface area (Å²) < 4.78 is 0. The number of fused-ring (bicyclic) bond motifs is 1. The molecule has 0 fully saturated rings. The molecule has 1 unspecified atom stereocenters. The van der Waals surface area contributed by atoms with Crippen molar-refractivity contribution in [3.63, 3.8) is 0 Å². The van der Waals surface area contributed by atoms with Crippen molar-refractivity contribution in [3.8, 4) is 0 Å². The van der Waals surface area contributed by atoms with Crippen molar-refractivity contribution < 1.29 is 5.11 Å². The molecule has 0 bridgehead atoms. The van der Waals surface area contributed by atoms with E-state index in [9.17, 15) is 0 Å². The molecule has 3 heteroatoms. The summed E-state index contributed by atoms with van der Waals surface area (Å²) in [6, 6.07) is 6.06. The van der Waals surface area contributed by atoms with Gasteiger partial charge in [-0.15, -0.1) is 0 Å². The number of pyridine rings is 2. The second-order valence-corrected chi connectivity index (χ2v) is 4.82. The van der Waals surface area contributed by atoms with Crippen LogP contribution in [-0.4, -0.2) is 21.7 Å². The Balaban J connectivity index is 2.04. The molecule has 0 aromatic carbocycles. The third-order valence-corrected chi connectivity index (χ3v) is 3.63. The minimum Gasteiger partial charge on any atom is -0.396 e. The number of aliphatic hydroxyl groups is 1. The highest BCUT2D eigenvalue weighted by Crippen LogP contribution is 2.48. The van der Waals surface area contributed by atoms with Crippen LogP contribution in [-0.2, 0) is 6.42 Å². The molecule has 0 spiro atoms. The first-order valence-electron chi connectivity index (χ1n) is 6.67. The van der Waals surface area contributed by atoms with Crippen LogP contribution in [0, 0.1) is 0 Å². The number of rotatable bonds is 4. The van der Waals surface area contributed by atoms with Crippen molar-refractivity contribution in [2.75, 3.05) is 6.61 Å². The summed E-state index contributed by atoms with van der Waals surface area (Å²) in [6.45, 7) is 3.94. The van der Waals surface area contributed by atoms with Crippen LogP contribution < -0.4 is 0 Å². The SMILES string of the molecule is C=C/C=C1/c2cnccc2C1c1cc(CCO)ccn1. The van der Waals surface area contributed by atoms with E-state index in [-0.39, 0.29) is 12.5 Å². The largest absolute Gasteiger partial charge is 0.396 e. The average molecular weight is 264 g/mol. The Morgan fingerprint density at radius 2 is 2.20 bits per heavy atom. The van der Waals surface area contributed by atoms with Gasteiger partial charge in [-0.3, -0.25) is 9.97 Å². The van der Waals surface area contributed by atoms with E-state index in [2.05, 4.69) is 22.6 Å². The Labute approximate surface area is 118 Å². The minimum atomic E-state index is 0.157. The molecule has 1 N–H and O–H groups in total. The number of hydrogen-bond donors (Lipinski definition) is 1. The second-order valence-electron chi connectivity index (χ2n) is 4.82. The first-order chi connectivity index (χ1) is 9.85. The molecule has 100 valence electrons. The van der Waals surface area contributed by atoms with Gasteiger partial charge >= 0.3 is 0 Å². The zero-order chi connectivity index (χ0) is 13.9. The molecule has 1 atom stereocenters. The lowest BCUT2D eigenvalue weighted by atomic mass is 9.71. The number of hydrogen-bond acceptors (Lipinski definition) is 3. The average Bonchev–Trinajstić information content (AvgIpc) is 2.46. The smallest absolute Gasteiger partial charge is 0.0526 e. The summed E-state index contributed by atoms with van der Waals surface area (Å²) >= 11 is 0. The fourth-order valence-corrected chi connectivity index (χ4v) is 2.71. The van der Waals surface area contributed by atoms with Crippen LogP contribution in [0.25, 0.3) is 5.57 Å². The maximum Gasteiger partial charge on any atom is 0.0526 e. The lowest BCUT2D eigenvalue weighted by Crippen LogP contribution is -2.18. The van der Waals surface area contributed by atoms with Crippen LogP contribution in [0.2, 0.25) is 0 Å². The van der Waals surface area contributed by atoms with Crippen molar-refractivity contribution in [1.29, 1.82) is 0 Å². The Kier molecular flexibility index (Phi) is 3.44. The van der Waals surface area contributed by atoms with Crippen molar-refractivity contribution >= 4 is 5.57 Å². The minimum absolute atomic E-state index is 0.157. The molecular weight excluding hydrogens is 248 g/mol. The molecule has 2 heterocycles. The van der Waals surface area contributed by atoms with Gasteiger partial charge in [0.1, 0.15) is 0 Å². The third-order valence-electron chi connectivity index (χ3n) is 3.63. The predicted molar refractivity (Wildman–Crippen MR) is 79.3 cm³/mol. The van der Waals surface area contributed by atoms with E-state index < -0.39 is 0 Å². The summed E-state index contributed by atoms with van der Waals surface area (Å²) in [7, 11) is 0. The van der Waals surface area contributed by atoms with E-state index in [0.29, 0.717) is 6.42 Å². The Hall–Kier alpha value is -2.26. The summed E-state index contributed by atoms with van der Waals surface area (Å²) in [5.74, 6) is 0.185. The second kappa shape index (κ2) is 5.39. The van der Waals surface area contributed by atoms with Crippen molar-refractivity contribution in [2.45, 2.75) is 12.3 Å². The Bertz CT molecular complexity index is 676. The zero-order valence-corrected chi connectivity index (χ0v) is 11.2. The van der Waals surface area contributed by atoms with Crippen molar-refractivity contribution in [3.05, 3.63) is 77.9 Å². The zero-order valence-electron chi connectivity index (χ0n) is 11.2. The van der Waals surface area contributed by atoms with Gasteiger partial charge in [-0.25, -0.2) is 0 Å². The molecule has 0 saturated carbocycles. The Morgan fingerprint density at radius 3 is 3.00 bits per heavy atom. The number of nitrogens with zero attached hydrogens (tertiary/aromatic N) is 2. The third kappa shape index (κ3) is 2.06. The van der Waals surface area contributed by atoms with E-state index in [4.69, 9.17) is 5.11 Å². The van der Waals surface area contributed by atoms with Crippen LogP contribution >= 0.6 is 0 Å². The van der Waals surface area contributed by atoms with Gasteiger partial charge in [0.2, 0.25) is 0 Å². The molecule has 3 rings (SSSR count). The molecular formula is C17H16N2O. The molecule has 0 amide bonds. The van der Waals surface area contributed by atoms with Crippen molar-refractivity contribution in [1.82, 2.24) is 9.97 Å². The van der Waals surface area contributed by atoms with Gasteiger partial charge < -0.3 is 5.11 Å². The fraction of sp³-hybridized carbons (Fsp3) is 0.176. The molecule has 2 aromatic rings. The molecule has 1 aliphatic carbocycles. The standard InChI is InChI=1S/C17H16N2O/c1-2-3-13-15-11-18-7-5-14(15)17(13)16-10-12(6-9-20)4-8-19-16/h2-5,7-8,10-11,17,20H,1,6,9H2/b13-3-. The maximum absolute atomic E-state index is 9.06. The van der Waals surface area contributed by atoms with Gasteiger partial charge in [0.15, 0.2) is 0 Å². The number of allylic oxidation sites excluding steroid dienone is 3. The van der Waals surface area contributed by atoms with Gasteiger partial charge in [0.05, 0.1) is 11.6 Å². The van der Waals surface area contributed by atoms with Gasteiger partial charge in [0, 0.05) is 30.8 Å². The quantitative estimate of drug-likeness (QED) is 0.923. The topological polar surface area (TPSA) is 46.0 Å². The van der Waals surface area contributed by atoms with Crippen LogP contribution in [0.4, 0.5) is 0 Å². The summed E-state index contributed by atoms with van der Waals surface area (Å²) in [6.07, 6.45) is 9.99. The Morgan fingerprint density at radius 1 is 1.30 bits per heavy atom. The van der Waals surface area contributed by atoms with Crippen LogP contribution in [0.1, 0.15) is 28.3 Å². The highest BCUT2D eigenvalue weighted by atomic mass is 16.2. The molecule has 20 heavy (non-hydrogen) atoms. The lowest BCUT2D eigenvalue weighted by Gasteiger charge is -2.33. The highest BCUT2D eigenvalue weighted by Gasteiger charge is 2.33. The summed E-state index contributed by atoms with van der Waals surface area (Å²) in [4.78, 5) is 8.67. The van der Waals surface area contributed by atoms with E-state index >= 15 is 0 Å². The monoisotopic (exact) mass is 264 g/mol. The van der Waals surface area contributed by atoms with Gasteiger partial charge in [0.25, 0.3) is 0 Å². The highest BCUT2D eigenvalue weighted by molar-refractivity contribution is 5.86. The number of aliphatic hydroxyl groups excluding tert-OH is 1. The van der Waals surface area contributed by atoms with Crippen LogP contribution in [0.3, 0.4) is 0 Å². The molecule has 0 radical (unpaired) electrons. The van der Waals surface area contributed by atoms with Gasteiger partial charge in [-0.2, -0.15) is 0 Å². The molecule has 2 aromatic heterocycles. The first-order valence-corrected chi connectivity index (χ1v) is 6.67. The maximum atomic E-state index is 9.06. The molecule has 0 saturated heterocycles. The summed E-state index contributed by atoms with van der Waals surface area (Å²) in [5.41, 5.74) is 5.76. The van der Waals surface area contributed by atoms with E-state index in [0.717, 1.165) is 11.3 Å². The predicted octanol–water partition coefficient (Wildman–Crippen LogP) is 2.73. The molecule has 1 aliphatic rings. The van der Waals surface area contributed by atoms with E-state index in [1.165, 1.54) is 16.7 Å². The molecule has 0 aliphatic heterocycles. The van der Waals surface area contributed by atoms with Crippen LogP contribution in [0.5, 0.6) is 0 Å². The first kappa shape index (κ1) is 12.8. The summed E-state index contributed by atoms with van der Waals surface area (Å²) in [5, 5.41) is 9.06. The van der Waals surface area contributed by atoms with Gasteiger partial charge in [-0.1, -0.05) is 18.7 Å². The van der Waals surface area contributed by atoms with Crippen molar-refractivity contribution in [2.24, 2.45) is 0 Å². The molecule has 3 nitrogen and oxygen atoms in total. The fourth-order valence-electron chi connectivity index (χ4n) is 2.71. The van der Waals surface area contributed by atoms with Gasteiger partial charge in [-0.05, 0) is 41.3 Å². The van der Waals surface area contributed by atoms with E-state index in [1.807, 2.05) is 36.8 Å². The van der Waals surface area contributed by atoms with E-state index in [1.54, 1.807) is 6.08 Å². The van der Waals surface area contributed by atoms with Crippen LogP contribution in [0.15, 0.2) is 55.5 Å². The number of aromatic nitrogens is 2.